The second-order valence-electron chi connectivity index (χ2n) is 13.0. The van der Waals surface area contributed by atoms with Gasteiger partial charge in [-0.05, 0) is 35.1 Å². The van der Waals surface area contributed by atoms with Crippen LogP contribution in [0.4, 0.5) is 5.69 Å². The SMILES string of the molecule is COC(=O)[C@@H](CO)NC(=O)c1nc2oc1C13c4ccccc4N[C@H]1Oc1ccc(cc13)C[C@H](NC(=O)[C@@H](O)C(C)C)C(=O)N[C@H]2C(C)C. The molecular formula is C34H39N5O9. The molecule has 0 saturated carbocycles. The number of aliphatic hydroxyl groups excluding tert-OH is 2. The van der Waals surface area contributed by atoms with Crippen LogP contribution in [-0.2, 0) is 31.0 Å². The average molecular weight is 662 g/mol. The lowest BCUT2D eigenvalue weighted by atomic mass is 9.72. The molecule has 0 saturated heterocycles. The Balaban J connectivity index is 1.58. The van der Waals surface area contributed by atoms with E-state index in [0.717, 1.165) is 18.4 Å². The molecule has 6 N–H and O–H groups in total. The first-order valence-electron chi connectivity index (χ1n) is 15.9. The number of carbonyl (C=O) groups excluding carboxylic acids is 4. The van der Waals surface area contributed by atoms with Gasteiger partial charge in [0.15, 0.2) is 23.7 Å². The number of rotatable bonds is 8. The van der Waals surface area contributed by atoms with Gasteiger partial charge in [-0.2, -0.15) is 0 Å². The van der Waals surface area contributed by atoms with Gasteiger partial charge in [-0.3, -0.25) is 14.4 Å². The standard InChI is InChI=1S/C34H39N5O9/c1-15(2)24-31-39-25(29(43)36-22(14-40)32(45)46-5)27(48-31)34-18-8-6-7-9-20(18)37-33(34)47-23-11-10-17(12-19(23)34)13-21(28(42)38-24)35-30(44)26(41)16(3)4/h6-12,15-16,21-22,24,26,33,37,40-41H,13-14H2,1-5H3,(H,35,44)(H,36,43)(H,38,42)/t21-,22+,24-,26-,33-,34?/m0/s1. The minimum absolute atomic E-state index is 0.00657. The van der Waals surface area contributed by atoms with E-state index in [9.17, 15) is 29.4 Å². The zero-order valence-electron chi connectivity index (χ0n) is 27.2. The van der Waals surface area contributed by atoms with Crippen molar-refractivity contribution in [3.8, 4) is 5.75 Å². The molecule has 4 heterocycles. The van der Waals surface area contributed by atoms with Crippen molar-refractivity contribution in [1.29, 1.82) is 0 Å². The van der Waals surface area contributed by atoms with Gasteiger partial charge in [-0.15, -0.1) is 0 Å². The molecule has 3 amide bonds. The van der Waals surface area contributed by atoms with Crippen LogP contribution < -0.4 is 26.0 Å². The minimum Gasteiger partial charge on any atom is -0.469 e. The predicted molar refractivity (Wildman–Crippen MR) is 170 cm³/mol. The molecular weight excluding hydrogens is 622 g/mol. The first-order valence-corrected chi connectivity index (χ1v) is 15.9. The van der Waals surface area contributed by atoms with Crippen LogP contribution in [0.25, 0.3) is 0 Å². The molecule has 3 aliphatic rings. The number of ether oxygens (including phenoxy) is 2. The van der Waals surface area contributed by atoms with E-state index in [1.165, 1.54) is 0 Å². The number of aliphatic hydroxyl groups is 2. The molecule has 1 aromatic heterocycles. The number of methoxy groups -OCH3 is 1. The molecule has 1 unspecified atom stereocenters. The molecule has 4 bridgehead atoms. The molecule has 14 nitrogen and oxygen atoms in total. The fourth-order valence-electron chi connectivity index (χ4n) is 6.56. The molecule has 6 rings (SSSR count). The highest BCUT2D eigenvalue weighted by Crippen LogP contribution is 2.58. The van der Waals surface area contributed by atoms with Crippen LogP contribution in [0.3, 0.4) is 0 Å². The van der Waals surface area contributed by atoms with Crippen molar-refractivity contribution in [2.45, 2.75) is 70.0 Å². The number of carbonyl (C=O) groups is 4. The number of hydrogen-bond acceptors (Lipinski definition) is 11. The third-order valence-electron chi connectivity index (χ3n) is 9.14. The van der Waals surface area contributed by atoms with Gasteiger partial charge in [0.2, 0.25) is 17.7 Å². The van der Waals surface area contributed by atoms with Crippen LogP contribution in [0.2, 0.25) is 0 Å². The summed E-state index contributed by atoms with van der Waals surface area (Å²) < 4.78 is 17.8. The van der Waals surface area contributed by atoms with Gasteiger partial charge < -0.3 is 45.4 Å². The monoisotopic (exact) mass is 661 g/mol. The van der Waals surface area contributed by atoms with E-state index < -0.39 is 66.2 Å². The molecule has 6 atom stereocenters. The second kappa shape index (κ2) is 12.6. The molecule has 0 aliphatic carbocycles. The Hall–Kier alpha value is -4.95. The Morgan fingerprint density at radius 2 is 1.85 bits per heavy atom. The Morgan fingerprint density at radius 1 is 1.10 bits per heavy atom. The van der Waals surface area contributed by atoms with Crippen molar-refractivity contribution in [1.82, 2.24) is 20.9 Å². The smallest absolute Gasteiger partial charge is 0.330 e. The Kier molecular flexibility index (Phi) is 8.64. The van der Waals surface area contributed by atoms with Gasteiger partial charge in [-0.1, -0.05) is 58.0 Å². The summed E-state index contributed by atoms with van der Waals surface area (Å²) in [6, 6.07) is 9.54. The first-order chi connectivity index (χ1) is 22.9. The highest BCUT2D eigenvalue weighted by molar-refractivity contribution is 5.97. The molecule has 3 aliphatic heterocycles. The van der Waals surface area contributed by atoms with E-state index in [1.807, 2.05) is 44.2 Å². The van der Waals surface area contributed by atoms with Crippen molar-refractivity contribution in [2.24, 2.45) is 11.8 Å². The van der Waals surface area contributed by atoms with Gasteiger partial charge in [0, 0.05) is 17.7 Å². The molecule has 2 aromatic carbocycles. The van der Waals surface area contributed by atoms with Crippen molar-refractivity contribution < 1.29 is 43.3 Å². The van der Waals surface area contributed by atoms with Crippen molar-refractivity contribution in [3.05, 3.63) is 76.5 Å². The van der Waals surface area contributed by atoms with Gasteiger partial charge in [0.25, 0.3) is 5.91 Å². The van der Waals surface area contributed by atoms with Crippen LogP contribution in [0.1, 0.15) is 72.6 Å². The van der Waals surface area contributed by atoms with Crippen LogP contribution in [0.15, 0.2) is 46.9 Å². The number of anilines is 1. The van der Waals surface area contributed by atoms with Crippen LogP contribution in [0.5, 0.6) is 5.75 Å². The zero-order valence-corrected chi connectivity index (χ0v) is 27.2. The number of fused-ring (bicyclic) bond motifs is 4. The topological polar surface area (TPSA) is 201 Å². The molecule has 48 heavy (non-hydrogen) atoms. The van der Waals surface area contributed by atoms with Gasteiger partial charge in [0.05, 0.1) is 13.7 Å². The highest BCUT2D eigenvalue weighted by Gasteiger charge is 2.61. The third-order valence-corrected chi connectivity index (χ3v) is 9.14. The number of para-hydroxylation sites is 1. The normalized spacial score (nSPS) is 23.4. The first kappa shape index (κ1) is 33.0. The summed E-state index contributed by atoms with van der Waals surface area (Å²) in [4.78, 5) is 58.0. The molecule has 0 radical (unpaired) electrons. The maximum atomic E-state index is 14.0. The summed E-state index contributed by atoms with van der Waals surface area (Å²) in [6.45, 7) is 6.34. The van der Waals surface area contributed by atoms with Gasteiger partial charge in [0.1, 0.15) is 29.4 Å². The predicted octanol–water partition coefficient (Wildman–Crippen LogP) is 1.29. The second-order valence-corrected chi connectivity index (χ2v) is 13.0. The molecule has 3 aromatic rings. The Morgan fingerprint density at radius 3 is 2.54 bits per heavy atom. The maximum absolute atomic E-state index is 14.0. The fourth-order valence-corrected chi connectivity index (χ4v) is 6.56. The largest absolute Gasteiger partial charge is 0.469 e. The highest BCUT2D eigenvalue weighted by atomic mass is 16.5. The third kappa shape index (κ3) is 5.34. The molecule has 1 spiro atoms. The number of oxazole rings is 1. The van der Waals surface area contributed by atoms with Gasteiger partial charge in [-0.25, -0.2) is 9.78 Å². The average Bonchev–Trinajstić information content (AvgIpc) is 3.73. The van der Waals surface area contributed by atoms with E-state index in [1.54, 1.807) is 26.0 Å². The van der Waals surface area contributed by atoms with Crippen molar-refractivity contribution in [3.63, 3.8) is 0 Å². The number of nitrogens with one attached hydrogen (secondary N) is 4. The summed E-state index contributed by atoms with van der Waals surface area (Å²) in [5.74, 6) is -2.99. The lowest BCUT2D eigenvalue weighted by Crippen LogP contribution is -2.52. The summed E-state index contributed by atoms with van der Waals surface area (Å²) in [5, 5.41) is 31.9. The molecule has 0 fully saturated rings. The number of amides is 3. The number of hydrogen-bond donors (Lipinski definition) is 6. The van der Waals surface area contributed by atoms with E-state index in [0.29, 0.717) is 16.9 Å². The Bertz CT molecular complexity index is 1770. The lowest BCUT2D eigenvalue weighted by Gasteiger charge is -2.29. The minimum atomic E-state index is -1.38. The molecule has 254 valence electrons. The maximum Gasteiger partial charge on any atom is 0.330 e. The summed E-state index contributed by atoms with van der Waals surface area (Å²) in [5.41, 5.74) is 1.32. The fraction of sp³-hybridized carbons (Fsp3) is 0.441. The van der Waals surface area contributed by atoms with Crippen molar-refractivity contribution in [2.75, 3.05) is 19.0 Å². The Labute approximate surface area is 276 Å². The number of benzene rings is 2. The lowest BCUT2D eigenvalue weighted by molar-refractivity contribution is -0.143. The van der Waals surface area contributed by atoms with Crippen molar-refractivity contribution >= 4 is 29.4 Å². The van der Waals surface area contributed by atoms with Crippen LogP contribution in [-0.4, -0.2) is 77.0 Å². The summed E-state index contributed by atoms with van der Waals surface area (Å²) >= 11 is 0. The van der Waals surface area contributed by atoms with Gasteiger partial charge >= 0.3 is 5.97 Å². The number of esters is 1. The molecule has 14 heteroatoms. The summed E-state index contributed by atoms with van der Waals surface area (Å²) in [6.07, 6.45) is -2.04. The van der Waals surface area contributed by atoms with Crippen LogP contribution in [0, 0.1) is 11.8 Å². The number of nitrogens with zero attached hydrogens (tertiary/aromatic N) is 1. The quantitative estimate of drug-likeness (QED) is 0.190. The van der Waals surface area contributed by atoms with Crippen LogP contribution >= 0.6 is 0 Å². The van der Waals surface area contributed by atoms with E-state index in [2.05, 4.69) is 26.3 Å². The summed E-state index contributed by atoms with van der Waals surface area (Å²) in [7, 11) is 1.14. The zero-order chi connectivity index (χ0) is 34.5. The van der Waals surface area contributed by atoms with E-state index in [4.69, 9.17) is 13.9 Å². The number of aromatic nitrogens is 1. The van der Waals surface area contributed by atoms with E-state index in [-0.39, 0.29) is 35.6 Å². The van der Waals surface area contributed by atoms with E-state index >= 15 is 0 Å².